The number of ether oxygens (including phenoxy) is 1. The fourth-order valence-corrected chi connectivity index (χ4v) is 2.31. The van der Waals surface area contributed by atoms with Crippen LogP contribution in [-0.2, 0) is 0 Å². The number of hydrogen-bond donors (Lipinski definition) is 1. The van der Waals surface area contributed by atoms with E-state index in [2.05, 4.69) is 17.2 Å². The summed E-state index contributed by atoms with van der Waals surface area (Å²) in [4.78, 5) is 16.5. The monoisotopic (exact) mass is 262 g/mol. The Morgan fingerprint density at radius 2 is 2.32 bits per heavy atom. The molecule has 1 aliphatic rings. The highest BCUT2D eigenvalue weighted by Crippen LogP contribution is 2.16. The second kappa shape index (κ2) is 7.24. The van der Waals surface area contributed by atoms with Crippen molar-refractivity contribution in [3.05, 3.63) is 24.0 Å². The van der Waals surface area contributed by atoms with Crippen LogP contribution in [0.15, 0.2) is 18.5 Å². The van der Waals surface area contributed by atoms with E-state index < -0.39 is 0 Å². The van der Waals surface area contributed by atoms with E-state index in [1.54, 1.807) is 18.5 Å². The molecule has 1 atom stereocenters. The molecule has 1 fully saturated rings. The van der Waals surface area contributed by atoms with Gasteiger partial charge in [0.15, 0.2) is 5.78 Å². The van der Waals surface area contributed by atoms with Gasteiger partial charge in [0.25, 0.3) is 0 Å². The van der Waals surface area contributed by atoms with Gasteiger partial charge >= 0.3 is 0 Å². The van der Waals surface area contributed by atoms with E-state index in [0.29, 0.717) is 17.9 Å². The summed E-state index contributed by atoms with van der Waals surface area (Å²) >= 11 is 0. The maximum absolute atomic E-state index is 12.4. The van der Waals surface area contributed by atoms with Crippen molar-refractivity contribution in [2.24, 2.45) is 0 Å². The third kappa shape index (κ3) is 4.03. The lowest BCUT2D eigenvalue weighted by atomic mass is 10.0. The fraction of sp³-hybridized carbons (Fsp3) is 0.600. The molecule has 0 amide bonds. The van der Waals surface area contributed by atoms with Gasteiger partial charge in [-0.05, 0) is 31.9 Å². The van der Waals surface area contributed by atoms with Crippen LogP contribution >= 0.6 is 0 Å². The molecule has 1 aromatic rings. The minimum atomic E-state index is -0.0641. The highest BCUT2D eigenvalue weighted by Gasteiger charge is 2.21. The molecular formula is C15H22N2O2. The number of hydrogen-bond acceptors (Lipinski definition) is 4. The summed E-state index contributed by atoms with van der Waals surface area (Å²) < 4.78 is 5.52. The zero-order chi connectivity index (χ0) is 13.5. The van der Waals surface area contributed by atoms with E-state index in [4.69, 9.17) is 4.74 Å². The Hall–Kier alpha value is -1.42. The summed E-state index contributed by atoms with van der Waals surface area (Å²) in [5.41, 5.74) is 0.646. The Kier molecular flexibility index (Phi) is 5.33. The van der Waals surface area contributed by atoms with E-state index in [1.807, 2.05) is 0 Å². The third-order valence-electron chi connectivity index (χ3n) is 3.35. The van der Waals surface area contributed by atoms with E-state index in [9.17, 15) is 4.79 Å². The minimum Gasteiger partial charge on any atom is -0.492 e. The Morgan fingerprint density at radius 3 is 3.16 bits per heavy atom. The van der Waals surface area contributed by atoms with Crippen LogP contribution in [0.2, 0.25) is 0 Å². The first-order valence-corrected chi connectivity index (χ1v) is 7.16. The Labute approximate surface area is 114 Å². The minimum absolute atomic E-state index is 0.0641. The number of carbonyl (C=O) groups is 1. The SMILES string of the molecule is CCCOc1cncc(C(=O)C2CCCCCN2)c1. The van der Waals surface area contributed by atoms with E-state index in [0.717, 1.165) is 32.2 Å². The van der Waals surface area contributed by atoms with Gasteiger partial charge in [0.2, 0.25) is 0 Å². The molecule has 0 radical (unpaired) electrons. The molecule has 1 N–H and O–H groups in total. The highest BCUT2D eigenvalue weighted by atomic mass is 16.5. The molecule has 1 aliphatic heterocycles. The highest BCUT2D eigenvalue weighted by molar-refractivity contribution is 6.00. The van der Waals surface area contributed by atoms with E-state index in [1.165, 1.54) is 6.42 Å². The molecule has 0 spiro atoms. The normalized spacial score (nSPS) is 19.7. The van der Waals surface area contributed by atoms with Crippen molar-refractivity contribution in [1.82, 2.24) is 10.3 Å². The molecule has 0 aliphatic carbocycles. The molecule has 2 rings (SSSR count). The topological polar surface area (TPSA) is 51.2 Å². The van der Waals surface area contributed by atoms with Gasteiger partial charge < -0.3 is 10.1 Å². The summed E-state index contributed by atoms with van der Waals surface area (Å²) in [7, 11) is 0. The molecule has 1 unspecified atom stereocenters. The zero-order valence-electron chi connectivity index (χ0n) is 11.5. The zero-order valence-corrected chi connectivity index (χ0v) is 11.5. The molecule has 4 heteroatoms. The van der Waals surface area contributed by atoms with Gasteiger partial charge in [-0.2, -0.15) is 0 Å². The van der Waals surface area contributed by atoms with Crippen LogP contribution in [0, 0.1) is 0 Å². The number of nitrogens with one attached hydrogen (secondary N) is 1. The molecule has 4 nitrogen and oxygen atoms in total. The number of Topliss-reactive ketones (excluding diaryl/α,β-unsaturated/α-hetero) is 1. The van der Waals surface area contributed by atoms with Crippen LogP contribution < -0.4 is 10.1 Å². The average Bonchev–Trinajstić information content (AvgIpc) is 2.73. The van der Waals surface area contributed by atoms with E-state index in [-0.39, 0.29) is 11.8 Å². The Bertz CT molecular complexity index is 412. The van der Waals surface area contributed by atoms with Crippen molar-refractivity contribution < 1.29 is 9.53 Å². The predicted octanol–water partition coefficient (Wildman–Crippen LogP) is 2.59. The predicted molar refractivity (Wildman–Crippen MR) is 74.6 cm³/mol. The lowest BCUT2D eigenvalue weighted by Gasteiger charge is -2.14. The largest absolute Gasteiger partial charge is 0.492 e. The van der Waals surface area contributed by atoms with Crippen molar-refractivity contribution in [2.75, 3.05) is 13.2 Å². The van der Waals surface area contributed by atoms with Crippen molar-refractivity contribution >= 4 is 5.78 Å². The first kappa shape index (κ1) is 14.0. The van der Waals surface area contributed by atoms with E-state index >= 15 is 0 Å². The molecule has 1 aromatic heterocycles. The second-order valence-electron chi connectivity index (χ2n) is 4.98. The van der Waals surface area contributed by atoms with Crippen LogP contribution in [0.25, 0.3) is 0 Å². The maximum atomic E-state index is 12.4. The number of carbonyl (C=O) groups excluding carboxylic acids is 1. The summed E-state index contributed by atoms with van der Waals surface area (Å²) in [6.07, 6.45) is 8.63. The summed E-state index contributed by atoms with van der Waals surface area (Å²) in [6, 6.07) is 1.74. The van der Waals surface area contributed by atoms with Gasteiger partial charge in [-0.1, -0.05) is 19.8 Å². The number of aromatic nitrogens is 1. The van der Waals surface area contributed by atoms with Crippen LogP contribution in [0.4, 0.5) is 0 Å². The lowest BCUT2D eigenvalue weighted by molar-refractivity contribution is 0.0940. The standard InChI is InChI=1S/C15H22N2O2/c1-2-8-19-13-9-12(10-16-11-13)15(18)14-6-4-3-5-7-17-14/h9-11,14,17H,2-8H2,1H3. The number of ketones is 1. The second-order valence-corrected chi connectivity index (χ2v) is 4.98. The van der Waals surface area contributed by atoms with Crippen molar-refractivity contribution in [2.45, 2.75) is 45.1 Å². The summed E-state index contributed by atoms with van der Waals surface area (Å²) in [5.74, 6) is 0.817. The molecule has 0 saturated carbocycles. The number of pyridine rings is 1. The van der Waals surface area contributed by atoms with Gasteiger partial charge in [0, 0.05) is 11.8 Å². The van der Waals surface area contributed by atoms with Crippen molar-refractivity contribution in [3.63, 3.8) is 0 Å². The molecule has 104 valence electrons. The molecule has 19 heavy (non-hydrogen) atoms. The van der Waals surface area contributed by atoms with Crippen LogP contribution in [0.3, 0.4) is 0 Å². The van der Waals surface area contributed by atoms with Crippen molar-refractivity contribution in [3.8, 4) is 5.75 Å². The number of rotatable bonds is 5. The average molecular weight is 262 g/mol. The van der Waals surface area contributed by atoms with Crippen molar-refractivity contribution in [1.29, 1.82) is 0 Å². The Balaban J connectivity index is 2.04. The number of nitrogens with zero attached hydrogens (tertiary/aromatic N) is 1. The lowest BCUT2D eigenvalue weighted by Crippen LogP contribution is -2.36. The molecular weight excluding hydrogens is 240 g/mol. The first-order valence-electron chi connectivity index (χ1n) is 7.16. The molecule has 2 heterocycles. The van der Waals surface area contributed by atoms with Gasteiger partial charge in [-0.3, -0.25) is 9.78 Å². The van der Waals surface area contributed by atoms with Crippen LogP contribution in [-0.4, -0.2) is 30.0 Å². The molecule has 0 aromatic carbocycles. The summed E-state index contributed by atoms with van der Waals surface area (Å²) in [5, 5.41) is 3.32. The third-order valence-corrected chi connectivity index (χ3v) is 3.35. The molecule has 1 saturated heterocycles. The van der Waals surface area contributed by atoms with Gasteiger partial charge in [-0.15, -0.1) is 0 Å². The smallest absolute Gasteiger partial charge is 0.181 e. The van der Waals surface area contributed by atoms with Gasteiger partial charge in [0.05, 0.1) is 18.8 Å². The van der Waals surface area contributed by atoms with Crippen LogP contribution in [0.5, 0.6) is 5.75 Å². The molecule has 0 bridgehead atoms. The maximum Gasteiger partial charge on any atom is 0.181 e. The van der Waals surface area contributed by atoms with Crippen LogP contribution in [0.1, 0.15) is 49.4 Å². The fourth-order valence-electron chi connectivity index (χ4n) is 2.31. The quantitative estimate of drug-likeness (QED) is 0.829. The van der Waals surface area contributed by atoms with Gasteiger partial charge in [0.1, 0.15) is 5.75 Å². The Morgan fingerprint density at radius 1 is 1.42 bits per heavy atom. The summed E-state index contributed by atoms with van der Waals surface area (Å²) in [6.45, 7) is 3.63. The van der Waals surface area contributed by atoms with Gasteiger partial charge in [-0.25, -0.2) is 0 Å². The first-order chi connectivity index (χ1) is 9.31.